The van der Waals surface area contributed by atoms with Crippen LogP contribution in [0.15, 0.2) is 60.7 Å². The number of nitrogens with zero attached hydrogens (tertiary/aromatic N) is 1. The highest BCUT2D eigenvalue weighted by atomic mass is 16.3. The van der Waals surface area contributed by atoms with E-state index in [2.05, 4.69) is 29.6 Å². The lowest BCUT2D eigenvalue weighted by Gasteiger charge is -2.29. The SMILES string of the molecule is O[C@@H](c1cc(-c2ccccc2)nc2ccccc12)[C@@H]1CCCCN1. The van der Waals surface area contributed by atoms with Gasteiger partial charge in [-0.1, -0.05) is 55.0 Å². The fourth-order valence-corrected chi connectivity index (χ4v) is 3.57. The second-order valence-electron chi connectivity index (χ2n) is 6.48. The number of benzene rings is 2. The number of aliphatic hydroxyl groups is 1. The van der Waals surface area contributed by atoms with E-state index < -0.39 is 6.10 Å². The molecule has 0 aliphatic carbocycles. The summed E-state index contributed by atoms with van der Waals surface area (Å²) in [4.78, 5) is 4.80. The molecule has 1 saturated heterocycles. The minimum atomic E-state index is -0.513. The van der Waals surface area contributed by atoms with Crippen molar-refractivity contribution in [3.8, 4) is 11.3 Å². The van der Waals surface area contributed by atoms with Gasteiger partial charge in [-0.3, -0.25) is 0 Å². The summed E-state index contributed by atoms with van der Waals surface area (Å²) in [5.41, 5.74) is 3.90. The Kier molecular flexibility index (Phi) is 4.28. The van der Waals surface area contributed by atoms with Crippen LogP contribution in [0.2, 0.25) is 0 Å². The standard InChI is InChI=1S/C21H22N2O/c24-21(19-12-6-7-13-22-19)17-14-20(15-8-2-1-3-9-15)23-18-11-5-4-10-16(17)18/h1-5,8-11,14,19,21-22,24H,6-7,12-13H2/t19-,21-/m0/s1. The van der Waals surface area contributed by atoms with Crippen LogP contribution in [0.5, 0.6) is 0 Å². The summed E-state index contributed by atoms with van der Waals surface area (Å²) in [5, 5.41) is 15.5. The van der Waals surface area contributed by atoms with Crippen molar-refractivity contribution in [1.82, 2.24) is 10.3 Å². The van der Waals surface area contributed by atoms with Gasteiger partial charge in [0.25, 0.3) is 0 Å². The molecule has 1 fully saturated rings. The summed E-state index contributed by atoms with van der Waals surface area (Å²) in [6.07, 6.45) is 2.86. The maximum absolute atomic E-state index is 11.0. The number of piperidine rings is 1. The van der Waals surface area contributed by atoms with Crippen LogP contribution in [0, 0.1) is 0 Å². The van der Waals surface area contributed by atoms with Crippen molar-refractivity contribution in [3.05, 3.63) is 66.2 Å². The number of para-hydroxylation sites is 1. The molecule has 24 heavy (non-hydrogen) atoms. The summed E-state index contributed by atoms with van der Waals surface area (Å²) in [6.45, 7) is 0.982. The summed E-state index contributed by atoms with van der Waals surface area (Å²) >= 11 is 0. The minimum Gasteiger partial charge on any atom is -0.387 e. The molecule has 0 spiro atoms. The molecule has 2 atom stereocenters. The van der Waals surface area contributed by atoms with Crippen molar-refractivity contribution in [1.29, 1.82) is 0 Å². The molecule has 122 valence electrons. The van der Waals surface area contributed by atoms with Gasteiger partial charge in [-0.05, 0) is 37.1 Å². The average Bonchev–Trinajstić information content (AvgIpc) is 2.68. The number of fused-ring (bicyclic) bond motifs is 1. The van der Waals surface area contributed by atoms with E-state index in [1.807, 2.05) is 36.4 Å². The number of aliphatic hydroxyl groups excluding tert-OH is 1. The van der Waals surface area contributed by atoms with E-state index >= 15 is 0 Å². The molecule has 0 saturated carbocycles. The molecule has 3 aromatic rings. The zero-order valence-corrected chi connectivity index (χ0v) is 13.7. The van der Waals surface area contributed by atoms with Crippen molar-refractivity contribution in [2.45, 2.75) is 31.4 Å². The molecule has 3 heteroatoms. The molecule has 2 N–H and O–H groups in total. The second kappa shape index (κ2) is 6.71. The Bertz CT molecular complexity index is 826. The number of hydrogen-bond acceptors (Lipinski definition) is 3. The first-order valence-electron chi connectivity index (χ1n) is 8.69. The molecule has 0 bridgehead atoms. The van der Waals surface area contributed by atoms with Gasteiger partial charge in [-0.15, -0.1) is 0 Å². The summed E-state index contributed by atoms with van der Waals surface area (Å²) in [7, 11) is 0. The molecule has 0 radical (unpaired) electrons. The third-order valence-corrected chi connectivity index (χ3v) is 4.87. The molecule has 1 aromatic heterocycles. The Labute approximate surface area is 142 Å². The van der Waals surface area contributed by atoms with Crippen LogP contribution in [0.4, 0.5) is 0 Å². The van der Waals surface area contributed by atoms with E-state index in [9.17, 15) is 5.11 Å². The predicted molar refractivity (Wildman–Crippen MR) is 97.8 cm³/mol. The van der Waals surface area contributed by atoms with Crippen LogP contribution >= 0.6 is 0 Å². The normalized spacial score (nSPS) is 19.3. The first-order valence-corrected chi connectivity index (χ1v) is 8.69. The first-order chi connectivity index (χ1) is 11.8. The van der Waals surface area contributed by atoms with E-state index in [0.29, 0.717) is 0 Å². The van der Waals surface area contributed by atoms with Crippen molar-refractivity contribution in [2.75, 3.05) is 6.54 Å². The zero-order valence-electron chi connectivity index (χ0n) is 13.7. The average molecular weight is 318 g/mol. The highest BCUT2D eigenvalue weighted by molar-refractivity contribution is 5.85. The number of hydrogen-bond donors (Lipinski definition) is 2. The fraction of sp³-hybridized carbons (Fsp3) is 0.286. The van der Waals surface area contributed by atoms with Gasteiger partial charge in [0.15, 0.2) is 0 Å². The third-order valence-electron chi connectivity index (χ3n) is 4.87. The largest absolute Gasteiger partial charge is 0.387 e. The van der Waals surface area contributed by atoms with Crippen LogP contribution in [-0.4, -0.2) is 22.7 Å². The fourth-order valence-electron chi connectivity index (χ4n) is 3.57. The predicted octanol–water partition coefficient (Wildman–Crippen LogP) is 4.08. The number of pyridine rings is 1. The highest BCUT2D eigenvalue weighted by Crippen LogP contribution is 2.31. The van der Waals surface area contributed by atoms with Gasteiger partial charge in [0.1, 0.15) is 0 Å². The van der Waals surface area contributed by atoms with Crippen LogP contribution in [0.25, 0.3) is 22.2 Å². The Balaban J connectivity index is 1.83. The molecule has 2 heterocycles. The maximum Gasteiger partial charge on any atom is 0.0950 e. The molecule has 0 unspecified atom stereocenters. The quantitative estimate of drug-likeness (QED) is 0.765. The van der Waals surface area contributed by atoms with E-state index in [1.165, 1.54) is 12.8 Å². The Hall–Kier alpha value is -2.23. The summed E-state index contributed by atoms with van der Waals surface area (Å²) < 4.78 is 0. The molecule has 0 amide bonds. The minimum absolute atomic E-state index is 0.119. The molecule has 4 rings (SSSR count). The Morgan fingerprint density at radius 3 is 2.58 bits per heavy atom. The van der Waals surface area contributed by atoms with Gasteiger partial charge in [0.05, 0.1) is 17.3 Å². The lowest BCUT2D eigenvalue weighted by atomic mass is 9.92. The Morgan fingerprint density at radius 1 is 1.00 bits per heavy atom. The monoisotopic (exact) mass is 318 g/mol. The van der Waals surface area contributed by atoms with E-state index in [4.69, 9.17) is 4.98 Å². The maximum atomic E-state index is 11.0. The molecule has 2 aromatic carbocycles. The van der Waals surface area contributed by atoms with E-state index in [-0.39, 0.29) is 6.04 Å². The zero-order chi connectivity index (χ0) is 16.4. The summed E-state index contributed by atoms with van der Waals surface area (Å²) in [6, 6.07) is 20.4. The van der Waals surface area contributed by atoms with Crippen molar-refractivity contribution in [3.63, 3.8) is 0 Å². The van der Waals surface area contributed by atoms with Gasteiger partial charge < -0.3 is 10.4 Å². The Morgan fingerprint density at radius 2 is 1.79 bits per heavy atom. The third kappa shape index (κ3) is 2.93. The first kappa shape index (κ1) is 15.3. The van der Waals surface area contributed by atoms with Gasteiger partial charge in [0, 0.05) is 17.0 Å². The lowest BCUT2D eigenvalue weighted by molar-refractivity contribution is 0.115. The van der Waals surface area contributed by atoms with Crippen LogP contribution in [-0.2, 0) is 0 Å². The van der Waals surface area contributed by atoms with Crippen LogP contribution in [0.1, 0.15) is 30.9 Å². The second-order valence-corrected chi connectivity index (χ2v) is 6.48. The number of rotatable bonds is 3. The van der Waals surface area contributed by atoms with E-state index in [1.54, 1.807) is 0 Å². The smallest absolute Gasteiger partial charge is 0.0950 e. The molecule has 1 aliphatic rings. The van der Waals surface area contributed by atoms with Gasteiger partial charge in [-0.25, -0.2) is 4.98 Å². The molecule has 3 nitrogen and oxygen atoms in total. The molecule has 1 aliphatic heterocycles. The molecular formula is C21H22N2O. The van der Waals surface area contributed by atoms with Crippen molar-refractivity contribution >= 4 is 10.9 Å². The van der Waals surface area contributed by atoms with Gasteiger partial charge in [0.2, 0.25) is 0 Å². The van der Waals surface area contributed by atoms with Gasteiger partial charge >= 0.3 is 0 Å². The van der Waals surface area contributed by atoms with Crippen molar-refractivity contribution < 1.29 is 5.11 Å². The number of aromatic nitrogens is 1. The van der Waals surface area contributed by atoms with E-state index in [0.717, 1.165) is 40.7 Å². The summed E-state index contributed by atoms with van der Waals surface area (Å²) in [5.74, 6) is 0. The van der Waals surface area contributed by atoms with Crippen LogP contribution in [0.3, 0.4) is 0 Å². The van der Waals surface area contributed by atoms with Crippen LogP contribution < -0.4 is 5.32 Å². The molecular weight excluding hydrogens is 296 g/mol. The van der Waals surface area contributed by atoms with Gasteiger partial charge in [-0.2, -0.15) is 0 Å². The highest BCUT2D eigenvalue weighted by Gasteiger charge is 2.25. The lowest BCUT2D eigenvalue weighted by Crippen LogP contribution is -2.38. The topological polar surface area (TPSA) is 45.2 Å². The number of nitrogens with one attached hydrogen (secondary N) is 1. The van der Waals surface area contributed by atoms with Crippen molar-refractivity contribution in [2.24, 2.45) is 0 Å².